The third-order valence-electron chi connectivity index (χ3n) is 5.11. The highest BCUT2D eigenvalue weighted by Gasteiger charge is 2.48. The summed E-state index contributed by atoms with van der Waals surface area (Å²) in [4.78, 5) is 43.7. The van der Waals surface area contributed by atoms with Gasteiger partial charge in [-0.25, -0.2) is 9.78 Å². The van der Waals surface area contributed by atoms with E-state index in [1.807, 2.05) is 0 Å². The fourth-order valence-electron chi connectivity index (χ4n) is 3.56. The Hall–Kier alpha value is -3.98. The molecule has 1 atom stereocenters. The number of methoxy groups -OCH3 is 1. The quantitative estimate of drug-likeness (QED) is 0.255. The van der Waals surface area contributed by atoms with Crippen LogP contribution in [0.3, 0.4) is 0 Å². The van der Waals surface area contributed by atoms with Crippen LogP contribution in [0.15, 0.2) is 65.6 Å². The lowest BCUT2D eigenvalue weighted by molar-refractivity contribution is -0.132. The molecule has 8 nitrogen and oxygen atoms in total. The van der Waals surface area contributed by atoms with Gasteiger partial charge in [0.05, 0.1) is 25.3 Å². The van der Waals surface area contributed by atoms with Crippen molar-refractivity contribution < 1.29 is 29.0 Å². The average molecular weight is 464 g/mol. The lowest BCUT2D eigenvalue weighted by Gasteiger charge is -2.22. The minimum atomic E-state index is -0.922. The summed E-state index contributed by atoms with van der Waals surface area (Å²) < 4.78 is 10.1. The number of aromatic nitrogens is 1. The predicted molar refractivity (Wildman–Crippen MR) is 122 cm³/mol. The number of rotatable bonds is 6. The zero-order chi connectivity index (χ0) is 23.5. The number of hydrogen-bond acceptors (Lipinski definition) is 8. The predicted octanol–water partition coefficient (Wildman–Crippen LogP) is 3.95. The van der Waals surface area contributed by atoms with E-state index in [0.29, 0.717) is 16.9 Å². The van der Waals surface area contributed by atoms with Crippen molar-refractivity contribution in [2.75, 3.05) is 18.6 Å². The van der Waals surface area contributed by atoms with Crippen molar-refractivity contribution in [3.8, 4) is 5.75 Å². The van der Waals surface area contributed by atoms with E-state index in [-0.39, 0.29) is 28.8 Å². The highest BCUT2D eigenvalue weighted by atomic mass is 32.1. The van der Waals surface area contributed by atoms with Gasteiger partial charge in [0, 0.05) is 10.9 Å². The maximum Gasteiger partial charge on any atom is 0.357 e. The first-order valence-corrected chi connectivity index (χ1v) is 11.0. The van der Waals surface area contributed by atoms with Crippen molar-refractivity contribution in [1.29, 1.82) is 0 Å². The molecule has 1 saturated heterocycles. The zero-order valence-electron chi connectivity index (χ0n) is 17.8. The molecule has 1 amide bonds. The number of aliphatic hydroxyl groups is 1. The third-order valence-corrected chi connectivity index (χ3v) is 5.95. The van der Waals surface area contributed by atoms with Crippen molar-refractivity contribution in [1.82, 2.24) is 4.98 Å². The lowest BCUT2D eigenvalue weighted by atomic mass is 9.95. The number of carbonyl (C=O) groups excluding carboxylic acids is 3. The molecule has 0 saturated carbocycles. The third kappa shape index (κ3) is 4.10. The SMILES string of the molecule is CCOC(=O)c1csc(N2C(=O)C(=O)C(=C(O)c3ccc(OC)cc3)C2c2ccccc2)n1. The first kappa shape index (κ1) is 22.2. The lowest BCUT2D eigenvalue weighted by Crippen LogP contribution is -2.29. The van der Waals surface area contributed by atoms with Crippen LogP contribution >= 0.6 is 11.3 Å². The molecule has 1 fully saturated rings. The van der Waals surface area contributed by atoms with Crippen molar-refractivity contribution in [2.45, 2.75) is 13.0 Å². The van der Waals surface area contributed by atoms with Gasteiger partial charge in [-0.05, 0) is 36.8 Å². The summed E-state index contributed by atoms with van der Waals surface area (Å²) in [6, 6.07) is 14.4. The van der Waals surface area contributed by atoms with Gasteiger partial charge in [0.25, 0.3) is 5.78 Å². The monoisotopic (exact) mass is 464 g/mol. The molecule has 1 unspecified atom stereocenters. The van der Waals surface area contributed by atoms with Crippen LogP contribution < -0.4 is 9.64 Å². The molecule has 0 bridgehead atoms. The van der Waals surface area contributed by atoms with Crippen LogP contribution in [0.4, 0.5) is 5.13 Å². The van der Waals surface area contributed by atoms with E-state index < -0.39 is 23.7 Å². The van der Waals surface area contributed by atoms with E-state index in [1.165, 1.54) is 17.4 Å². The number of Topliss-reactive ketones (excluding diaryl/α,β-unsaturated/α-hetero) is 1. The van der Waals surface area contributed by atoms with E-state index >= 15 is 0 Å². The Morgan fingerprint density at radius 1 is 1.12 bits per heavy atom. The minimum absolute atomic E-state index is 0.0423. The molecule has 0 spiro atoms. The van der Waals surface area contributed by atoms with Gasteiger partial charge >= 0.3 is 11.9 Å². The summed E-state index contributed by atoms with van der Waals surface area (Å²) in [5.74, 6) is -2.03. The summed E-state index contributed by atoms with van der Waals surface area (Å²) >= 11 is 1.04. The normalized spacial score (nSPS) is 17.3. The molecule has 4 rings (SSSR count). The topological polar surface area (TPSA) is 106 Å². The van der Waals surface area contributed by atoms with Crippen LogP contribution in [0.2, 0.25) is 0 Å². The summed E-state index contributed by atoms with van der Waals surface area (Å²) in [6.45, 7) is 1.86. The van der Waals surface area contributed by atoms with Crippen molar-refractivity contribution >= 4 is 39.9 Å². The van der Waals surface area contributed by atoms with Crippen LogP contribution in [-0.4, -0.2) is 41.5 Å². The molecule has 0 radical (unpaired) electrons. The van der Waals surface area contributed by atoms with E-state index in [9.17, 15) is 19.5 Å². The van der Waals surface area contributed by atoms with Gasteiger partial charge in [0.2, 0.25) is 0 Å². The molecular weight excluding hydrogens is 444 g/mol. The molecule has 3 aromatic rings. The number of thiazole rings is 1. The maximum absolute atomic E-state index is 13.1. The smallest absolute Gasteiger partial charge is 0.357 e. The van der Waals surface area contributed by atoms with E-state index in [2.05, 4.69) is 4.98 Å². The van der Waals surface area contributed by atoms with Crippen molar-refractivity contribution in [2.24, 2.45) is 0 Å². The second-order valence-electron chi connectivity index (χ2n) is 7.04. The highest BCUT2D eigenvalue weighted by molar-refractivity contribution is 7.14. The Morgan fingerprint density at radius 3 is 2.45 bits per heavy atom. The van der Waals surface area contributed by atoms with Crippen molar-refractivity contribution in [3.63, 3.8) is 0 Å². The number of aliphatic hydroxyl groups excluding tert-OH is 1. The molecule has 1 aliphatic heterocycles. The summed E-state index contributed by atoms with van der Waals surface area (Å²) in [5.41, 5.74) is 0.950. The Labute approximate surface area is 193 Å². The van der Waals surface area contributed by atoms with Crippen LogP contribution in [0.5, 0.6) is 5.75 Å². The molecule has 9 heteroatoms. The van der Waals surface area contributed by atoms with Crippen LogP contribution in [0.1, 0.15) is 34.6 Å². The molecule has 2 aromatic carbocycles. The number of ketones is 1. The summed E-state index contributed by atoms with van der Waals surface area (Å²) in [7, 11) is 1.52. The minimum Gasteiger partial charge on any atom is -0.507 e. The fraction of sp³-hybridized carbons (Fsp3) is 0.167. The Bertz CT molecular complexity index is 1230. The first-order chi connectivity index (χ1) is 16.0. The van der Waals surface area contributed by atoms with Crippen LogP contribution in [0, 0.1) is 0 Å². The Morgan fingerprint density at radius 2 is 1.82 bits per heavy atom. The number of hydrogen-bond donors (Lipinski definition) is 1. The zero-order valence-corrected chi connectivity index (χ0v) is 18.7. The number of anilines is 1. The fourth-order valence-corrected chi connectivity index (χ4v) is 4.38. The molecule has 33 heavy (non-hydrogen) atoms. The van der Waals surface area contributed by atoms with Gasteiger partial charge in [0.15, 0.2) is 10.8 Å². The van der Waals surface area contributed by atoms with Crippen molar-refractivity contribution in [3.05, 3.63) is 82.4 Å². The first-order valence-electron chi connectivity index (χ1n) is 10.1. The number of benzene rings is 2. The standard InChI is InChI=1S/C24H20N2O6S/c1-3-32-23(30)17-13-33-24(25-17)26-19(14-7-5-4-6-8-14)18(21(28)22(26)29)20(27)15-9-11-16(31-2)12-10-15/h4-13,19,27H,3H2,1-2H3. The Balaban J connectivity index is 1.85. The average Bonchev–Trinajstić information content (AvgIpc) is 3.43. The molecule has 1 N–H and O–H groups in total. The Kier molecular flexibility index (Phi) is 6.23. The molecule has 1 aromatic heterocycles. The number of esters is 1. The molecule has 0 aliphatic carbocycles. The number of carbonyl (C=O) groups is 3. The second kappa shape index (κ2) is 9.25. The highest BCUT2D eigenvalue weighted by Crippen LogP contribution is 2.43. The maximum atomic E-state index is 13.1. The van der Waals surface area contributed by atoms with Gasteiger partial charge in [-0.2, -0.15) is 0 Å². The molecule has 168 valence electrons. The van der Waals surface area contributed by atoms with Gasteiger partial charge in [-0.15, -0.1) is 11.3 Å². The number of nitrogens with zero attached hydrogens (tertiary/aromatic N) is 2. The number of amides is 1. The second-order valence-corrected chi connectivity index (χ2v) is 7.88. The van der Waals surface area contributed by atoms with Crippen LogP contribution in [-0.2, 0) is 14.3 Å². The van der Waals surface area contributed by atoms with E-state index in [4.69, 9.17) is 9.47 Å². The molecule has 2 heterocycles. The largest absolute Gasteiger partial charge is 0.507 e. The van der Waals surface area contributed by atoms with Crippen LogP contribution in [0.25, 0.3) is 5.76 Å². The van der Waals surface area contributed by atoms with E-state index in [0.717, 1.165) is 11.3 Å². The van der Waals surface area contributed by atoms with E-state index in [1.54, 1.807) is 61.5 Å². The van der Waals surface area contributed by atoms with Gasteiger partial charge in [0.1, 0.15) is 11.5 Å². The molecule has 1 aliphatic rings. The van der Waals surface area contributed by atoms with Gasteiger partial charge in [-0.1, -0.05) is 30.3 Å². The van der Waals surface area contributed by atoms with Gasteiger partial charge in [-0.3, -0.25) is 14.5 Å². The summed E-state index contributed by atoms with van der Waals surface area (Å²) in [6.07, 6.45) is 0. The number of ether oxygens (including phenoxy) is 2. The summed E-state index contributed by atoms with van der Waals surface area (Å²) in [5, 5.41) is 12.7. The molecular formula is C24H20N2O6S. The van der Waals surface area contributed by atoms with Gasteiger partial charge < -0.3 is 14.6 Å².